The van der Waals surface area contributed by atoms with Gasteiger partial charge in [0.05, 0.1) is 11.3 Å². The Morgan fingerprint density at radius 3 is 2.44 bits per heavy atom. The van der Waals surface area contributed by atoms with Crippen LogP contribution in [0.5, 0.6) is 0 Å². The average molecular weight is 355 g/mol. The van der Waals surface area contributed by atoms with Gasteiger partial charge in [0.25, 0.3) is 5.91 Å². The Kier molecular flexibility index (Phi) is 5.51. The highest BCUT2D eigenvalue weighted by molar-refractivity contribution is 6.32. The van der Waals surface area contributed by atoms with Crippen molar-refractivity contribution in [3.05, 3.63) is 70.8 Å². The second kappa shape index (κ2) is 7.99. The number of nitrogens with zero attached hydrogens (tertiary/aromatic N) is 1. The number of carbonyl (C=O) groups excluding carboxylic acids is 2. The molecule has 1 aliphatic heterocycles. The van der Waals surface area contributed by atoms with Crippen molar-refractivity contribution in [2.75, 3.05) is 18.4 Å². The Hall–Kier alpha value is -2.59. The highest BCUT2D eigenvalue weighted by Gasteiger charge is 2.21. The van der Waals surface area contributed by atoms with Crippen molar-refractivity contribution in [1.29, 1.82) is 0 Å². The largest absolute Gasteiger partial charge is 0.339 e. The van der Waals surface area contributed by atoms with Gasteiger partial charge < -0.3 is 10.2 Å². The SMILES string of the molecule is O=C(C=Cc1ccccc1Cl)Nc1ccccc1C(=O)N1CCCC1. The maximum atomic E-state index is 12.6. The van der Waals surface area contributed by atoms with Crippen LogP contribution in [0, 0.1) is 0 Å². The standard InChI is InChI=1S/C20H19ClN2O2/c21-17-9-3-1-7-15(17)11-12-19(24)22-18-10-4-2-8-16(18)20(25)23-13-5-6-14-23/h1-4,7-12H,5-6,13-14H2,(H,22,24). The third-order valence-electron chi connectivity index (χ3n) is 4.13. The predicted molar refractivity (Wildman–Crippen MR) is 101 cm³/mol. The molecule has 1 N–H and O–H groups in total. The first kappa shape index (κ1) is 17.2. The van der Waals surface area contributed by atoms with E-state index in [0.29, 0.717) is 16.3 Å². The lowest BCUT2D eigenvalue weighted by atomic mass is 10.1. The van der Waals surface area contributed by atoms with Crippen molar-refractivity contribution in [2.24, 2.45) is 0 Å². The van der Waals surface area contributed by atoms with Crippen molar-refractivity contribution in [3.63, 3.8) is 0 Å². The molecule has 25 heavy (non-hydrogen) atoms. The maximum absolute atomic E-state index is 12.6. The van der Waals surface area contributed by atoms with Crippen LogP contribution in [0.4, 0.5) is 5.69 Å². The first-order chi connectivity index (χ1) is 12.1. The van der Waals surface area contributed by atoms with Crippen LogP contribution in [0.2, 0.25) is 5.02 Å². The second-order valence-corrected chi connectivity index (χ2v) is 6.30. The van der Waals surface area contributed by atoms with E-state index in [0.717, 1.165) is 31.5 Å². The van der Waals surface area contributed by atoms with Crippen LogP contribution in [0.3, 0.4) is 0 Å². The lowest BCUT2D eigenvalue weighted by Gasteiger charge is -2.17. The molecule has 0 saturated carbocycles. The van der Waals surface area contributed by atoms with E-state index in [1.54, 1.807) is 36.4 Å². The molecule has 0 aliphatic carbocycles. The van der Waals surface area contributed by atoms with Crippen LogP contribution in [-0.4, -0.2) is 29.8 Å². The fraction of sp³-hybridized carbons (Fsp3) is 0.200. The molecule has 4 nitrogen and oxygen atoms in total. The number of hydrogen-bond donors (Lipinski definition) is 1. The van der Waals surface area contributed by atoms with E-state index in [1.165, 1.54) is 6.08 Å². The van der Waals surface area contributed by atoms with Gasteiger partial charge in [0.15, 0.2) is 0 Å². The van der Waals surface area contributed by atoms with Crippen LogP contribution in [0.15, 0.2) is 54.6 Å². The van der Waals surface area contributed by atoms with Gasteiger partial charge in [-0.3, -0.25) is 9.59 Å². The Balaban J connectivity index is 1.73. The van der Waals surface area contributed by atoms with Crippen molar-refractivity contribution < 1.29 is 9.59 Å². The first-order valence-electron chi connectivity index (χ1n) is 8.27. The second-order valence-electron chi connectivity index (χ2n) is 5.89. The summed E-state index contributed by atoms with van der Waals surface area (Å²) in [6.45, 7) is 1.54. The topological polar surface area (TPSA) is 49.4 Å². The highest BCUT2D eigenvalue weighted by Crippen LogP contribution is 2.21. The number of rotatable bonds is 4. The van der Waals surface area contributed by atoms with Crippen LogP contribution >= 0.6 is 11.6 Å². The number of hydrogen-bond acceptors (Lipinski definition) is 2. The van der Waals surface area contributed by atoms with Gasteiger partial charge in [0.1, 0.15) is 0 Å². The molecular formula is C20H19ClN2O2. The highest BCUT2D eigenvalue weighted by atomic mass is 35.5. The molecule has 2 amide bonds. The van der Waals surface area contributed by atoms with E-state index in [9.17, 15) is 9.59 Å². The smallest absolute Gasteiger partial charge is 0.255 e. The monoisotopic (exact) mass is 354 g/mol. The average Bonchev–Trinajstić information content (AvgIpc) is 3.15. The zero-order chi connectivity index (χ0) is 17.6. The lowest BCUT2D eigenvalue weighted by Crippen LogP contribution is -2.28. The molecule has 0 radical (unpaired) electrons. The molecule has 128 valence electrons. The summed E-state index contributed by atoms with van der Waals surface area (Å²) in [5.74, 6) is -0.343. The lowest BCUT2D eigenvalue weighted by molar-refractivity contribution is -0.111. The van der Waals surface area contributed by atoms with Crippen molar-refractivity contribution in [3.8, 4) is 0 Å². The maximum Gasteiger partial charge on any atom is 0.255 e. The predicted octanol–water partition coefficient (Wildman–Crippen LogP) is 4.23. The zero-order valence-corrected chi connectivity index (χ0v) is 14.5. The van der Waals surface area contributed by atoms with Crippen LogP contribution < -0.4 is 5.32 Å². The van der Waals surface area contributed by atoms with E-state index >= 15 is 0 Å². The number of carbonyl (C=O) groups is 2. The summed E-state index contributed by atoms with van der Waals surface area (Å²) in [5.41, 5.74) is 1.80. The van der Waals surface area contributed by atoms with Gasteiger partial charge >= 0.3 is 0 Å². The summed E-state index contributed by atoms with van der Waals surface area (Å²) in [5, 5.41) is 3.37. The van der Waals surface area contributed by atoms with Gasteiger partial charge in [-0.1, -0.05) is 41.9 Å². The molecule has 1 saturated heterocycles. The summed E-state index contributed by atoms with van der Waals surface area (Å²) in [4.78, 5) is 26.7. The molecule has 0 unspecified atom stereocenters. The summed E-state index contributed by atoms with van der Waals surface area (Å²) in [7, 11) is 0. The fourth-order valence-electron chi connectivity index (χ4n) is 2.82. The van der Waals surface area contributed by atoms with Gasteiger partial charge in [0.2, 0.25) is 5.91 Å². The number of amides is 2. The molecule has 1 fully saturated rings. The van der Waals surface area contributed by atoms with Crippen molar-refractivity contribution >= 4 is 35.2 Å². The van der Waals surface area contributed by atoms with Crippen LogP contribution in [0.1, 0.15) is 28.8 Å². The molecule has 0 atom stereocenters. The van der Waals surface area contributed by atoms with Crippen LogP contribution in [-0.2, 0) is 4.79 Å². The molecule has 0 spiro atoms. The Morgan fingerprint density at radius 2 is 1.68 bits per heavy atom. The molecule has 0 bridgehead atoms. The van der Waals surface area contributed by atoms with Crippen LogP contribution in [0.25, 0.3) is 6.08 Å². The van der Waals surface area contributed by atoms with E-state index < -0.39 is 0 Å². The Labute approximate surface area is 152 Å². The molecule has 1 heterocycles. The van der Waals surface area contributed by atoms with E-state index in [4.69, 9.17) is 11.6 Å². The molecule has 0 aromatic heterocycles. The van der Waals surface area contributed by atoms with Gasteiger partial charge in [-0.25, -0.2) is 0 Å². The van der Waals surface area contributed by atoms with E-state index in [-0.39, 0.29) is 11.8 Å². The van der Waals surface area contributed by atoms with Gasteiger partial charge in [-0.2, -0.15) is 0 Å². The molecule has 3 rings (SSSR count). The molecule has 2 aromatic carbocycles. The van der Waals surface area contributed by atoms with Gasteiger partial charge in [-0.05, 0) is 42.7 Å². The normalized spacial score (nSPS) is 14.0. The summed E-state index contributed by atoms with van der Waals surface area (Å²) < 4.78 is 0. The third kappa shape index (κ3) is 4.28. The molecule has 2 aromatic rings. The zero-order valence-electron chi connectivity index (χ0n) is 13.7. The minimum Gasteiger partial charge on any atom is -0.339 e. The summed E-state index contributed by atoms with van der Waals surface area (Å²) in [6.07, 6.45) is 5.13. The van der Waals surface area contributed by atoms with E-state index in [2.05, 4.69) is 5.32 Å². The minimum absolute atomic E-state index is 0.0384. The van der Waals surface area contributed by atoms with Crippen molar-refractivity contribution in [2.45, 2.75) is 12.8 Å². The number of benzene rings is 2. The first-order valence-corrected chi connectivity index (χ1v) is 8.65. The Bertz CT molecular complexity index is 811. The number of anilines is 1. The number of halogens is 1. The number of likely N-dealkylation sites (tertiary alicyclic amines) is 1. The number of nitrogens with one attached hydrogen (secondary N) is 1. The minimum atomic E-state index is -0.304. The molecule has 1 aliphatic rings. The Morgan fingerprint density at radius 1 is 1.00 bits per heavy atom. The number of para-hydroxylation sites is 1. The quantitative estimate of drug-likeness (QED) is 0.835. The summed E-state index contributed by atoms with van der Waals surface area (Å²) in [6, 6.07) is 14.4. The summed E-state index contributed by atoms with van der Waals surface area (Å²) >= 11 is 6.07. The van der Waals surface area contributed by atoms with Crippen molar-refractivity contribution in [1.82, 2.24) is 4.90 Å². The third-order valence-corrected chi connectivity index (χ3v) is 4.47. The van der Waals surface area contributed by atoms with Gasteiger partial charge in [-0.15, -0.1) is 0 Å². The van der Waals surface area contributed by atoms with E-state index in [1.807, 2.05) is 23.1 Å². The molecular weight excluding hydrogens is 336 g/mol. The van der Waals surface area contributed by atoms with Gasteiger partial charge in [0, 0.05) is 24.2 Å². The fourth-order valence-corrected chi connectivity index (χ4v) is 3.02. The molecule has 5 heteroatoms.